The van der Waals surface area contributed by atoms with E-state index in [-0.39, 0.29) is 26.1 Å². The van der Waals surface area contributed by atoms with Crippen LogP contribution in [-0.2, 0) is 32.7 Å². The maximum Gasteiger partial charge on any atom is 0.306 e. The Morgan fingerprint density at radius 3 is 1.31 bits per heavy atom. The van der Waals surface area contributed by atoms with Crippen LogP contribution in [0.3, 0.4) is 0 Å². The number of carbonyl (C=O) groups is 2. The largest absolute Gasteiger partial charge is 0.756 e. The molecule has 0 amide bonds. The van der Waals surface area contributed by atoms with Gasteiger partial charge in [0.15, 0.2) is 6.10 Å². The van der Waals surface area contributed by atoms with E-state index >= 15 is 0 Å². The van der Waals surface area contributed by atoms with Crippen molar-refractivity contribution in [3.8, 4) is 0 Å². The normalized spacial score (nSPS) is 13.9. The first-order valence-corrected chi connectivity index (χ1v) is 28.0. The van der Waals surface area contributed by atoms with E-state index in [1.165, 1.54) is 116 Å². The predicted octanol–water partition coefficient (Wildman–Crippen LogP) is 15.3. The van der Waals surface area contributed by atoms with Crippen molar-refractivity contribution < 1.29 is 42.1 Å². The first-order chi connectivity index (χ1) is 31.5. The summed E-state index contributed by atoms with van der Waals surface area (Å²) in [7, 11) is 1.15. The van der Waals surface area contributed by atoms with E-state index in [9.17, 15) is 19.0 Å². The molecule has 0 radical (unpaired) electrons. The minimum Gasteiger partial charge on any atom is -0.756 e. The van der Waals surface area contributed by atoms with Gasteiger partial charge in [0.1, 0.15) is 19.8 Å². The molecule has 0 aromatic heterocycles. The molecule has 0 aliphatic rings. The quantitative estimate of drug-likeness (QED) is 0.0195. The lowest BCUT2D eigenvalue weighted by Gasteiger charge is -2.28. The van der Waals surface area contributed by atoms with Crippen molar-refractivity contribution in [1.82, 2.24) is 0 Å². The van der Waals surface area contributed by atoms with Crippen LogP contribution in [0.5, 0.6) is 0 Å². The third-order valence-corrected chi connectivity index (χ3v) is 12.3. The molecule has 0 aromatic carbocycles. The highest BCUT2D eigenvalue weighted by atomic mass is 31.2. The summed E-state index contributed by atoms with van der Waals surface area (Å²) in [6, 6.07) is 0. The van der Waals surface area contributed by atoms with E-state index in [0.29, 0.717) is 23.9 Å². The summed E-state index contributed by atoms with van der Waals surface area (Å²) in [5, 5.41) is 0. The number of ether oxygens (including phenoxy) is 2. The summed E-state index contributed by atoms with van der Waals surface area (Å²) >= 11 is 0. The molecule has 0 bridgehead atoms. The number of rotatable bonds is 48. The minimum absolute atomic E-state index is 0.0374. The molecule has 0 aromatic rings. The van der Waals surface area contributed by atoms with Crippen LogP contribution in [0.4, 0.5) is 0 Å². The van der Waals surface area contributed by atoms with Gasteiger partial charge in [-0.2, -0.15) is 0 Å². The Balaban J connectivity index is 4.27. The van der Waals surface area contributed by atoms with Gasteiger partial charge in [-0.05, 0) is 57.8 Å². The number of likely N-dealkylation sites (N-methyl/N-ethyl adjacent to an activating group) is 1. The van der Waals surface area contributed by atoms with Gasteiger partial charge in [0.2, 0.25) is 0 Å². The van der Waals surface area contributed by atoms with Gasteiger partial charge in [-0.15, -0.1) is 0 Å². The summed E-state index contributed by atoms with van der Waals surface area (Å²) < 4.78 is 34.0. The highest BCUT2D eigenvalue weighted by Gasteiger charge is 2.21. The second-order valence-corrected chi connectivity index (χ2v) is 20.3. The third kappa shape index (κ3) is 51.0. The molecule has 65 heavy (non-hydrogen) atoms. The van der Waals surface area contributed by atoms with Crippen molar-refractivity contribution >= 4 is 19.8 Å². The molecule has 0 fully saturated rings. The van der Waals surface area contributed by atoms with Gasteiger partial charge < -0.3 is 27.9 Å². The zero-order valence-electron chi connectivity index (χ0n) is 42.7. The zero-order valence-corrected chi connectivity index (χ0v) is 43.6. The fourth-order valence-electron chi connectivity index (χ4n) is 7.21. The van der Waals surface area contributed by atoms with E-state index in [2.05, 4.69) is 74.6 Å². The molecule has 0 aliphatic heterocycles. The van der Waals surface area contributed by atoms with E-state index in [4.69, 9.17) is 18.5 Å². The Labute approximate surface area is 400 Å². The number of carbonyl (C=O) groups excluding carboxylic acids is 2. The zero-order chi connectivity index (χ0) is 47.8. The molecular formula is C55H100NO8P. The molecule has 1 unspecified atom stereocenters. The van der Waals surface area contributed by atoms with Gasteiger partial charge >= 0.3 is 11.9 Å². The monoisotopic (exact) mass is 934 g/mol. The van der Waals surface area contributed by atoms with Gasteiger partial charge in [0.25, 0.3) is 7.82 Å². The molecule has 0 N–H and O–H groups in total. The standard InChI is InChI=1S/C55H100NO8P/c1-6-8-10-12-14-16-18-20-22-24-26-27-28-30-32-34-36-38-40-42-44-46-48-55(58)64-53(52-63-65(59,60)62-50-49-56(3,4)5)51-61-54(57)47-45-43-41-39-37-35-33-31-29-25-23-21-19-17-15-13-11-9-7-2/h9,11,15,17,21,23,29,31,35,37,53H,6-8,10,12-14,16,18-20,22,24-28,30,32-34,36,38-52H2,1-5H3/b11-9+,17-15+,23-21+,31-29+,37-35+/t53-/m1/s1. The Morgan fingerprint density at radius 2 is 0.877 bits per heavy atom. The number of quaternary nitrogens is 1. The average Bonchev–Trinajstić information content (AvgIpc) is 3.26. The lowest BCUT2D eigenvalue weighted by Crippen LogP contribution is -2.37. The molecule has 9 nitrogen and oxygen atoms in total. The summed E-state index contributed by atoms with van der Waals surface area (Å²) in [6.07, 6.45) is 58.3. The number of hydrogen-bond donors (Lipinski definition) is 0. The fourth-order valence-corrected chi connectivity index (χ4v) is 7.94. The lowest BCUT2D eigenvalue weighted by atomic mass is 10.0. The second-order valence-electron chi connectivity index (χ2n) is 18.9. The molecule has 0 heterocycles. The topological polar surface area (TPSA) is 111 Å². The fraction of sp³-hybridized carbons (Fsp3) is 0.782. The molecule has 0 saturated heterocycles. The van der Waals surface area contributed by atoms with Crippen LogP contribution in [0.2, 0.25) is 0 Å². The molecule has 0 aliphatic carbocycles. The Hall–Kier alpha value is -2.29. The van der Waals surface area contributed by atoms with Gasteiger partial charge in [-0.1, -0.05) is 216 Å². The number of phosphoric ester groups is 1. The van der Waals surface area contributed by atoms with Crippen LogP contribution < -0.4 is 4.89 Å². The number of allylic oxidation sites excluding steroid dienone is 10. The van der Waals surface area contributed by atoms with Crippen molar-refractivity contribution in [3.63, 3.8) is 0 Å². The minimum atomic E-state index is -4.64. The maximum absolute atomic E-state index is 12.8. The molecular weight excluding hydrogens is 834 g/mol. The smallest absolute Gasteiger partial charge is 0.306 e. The summed E-state index contributed by atoms with van der Waals surface area (Å²) in [5.74, 6) is -0.866. The molecule has 2 atom stereocenters. The van der Waals surface area contributed by atoms with E-state index in [0.717, 1.165) is 70.6 Å². The average molecular weight is 934 g/mol. The highest BCUT2D eigenvalue weighted by Crippen LogP contribution is 2.38. The molecule has 378 valence electrons. The number of hydrogen-bond acceptors (Lipinski definition) is 8. The molecule has 0 saturated carbocycles. The van der Waals surface area contributed by atoms with Crippen molar-refractivity contribution in [2.75, 3.05) is 47.5 Å². The van der Waals surface area contributed by atoms with Crippen molar-refractivity contribution in [2.24, 2.45) is 0 Å². The highest BCUT2D eigenvalue weighted by molar-refractivity contribution is 7.45. The van der Waals surface area contributed by atoms with Crippen molar-refractivity contribution in [1.29, 1.82) is 0 Å². The van der Waals surface area contributed by atoms with Crippen LogP contribution in [0.1, 0.15) is 226 Å². The van der Waals surface area contributed by atoms with Crippen LogP contribution in [0, 0.1) is 0 Å². The molecule has 0 spiro atoms. The Bertz CT molecular complexity index is 1290. The maximum atomic E-state index is 12.8. The first-order valence-electron chi connectivity index (χ1n) is 26.5. The third-order valence-electron chi connectivity index (χ3n) is 11.3. The molecule has 0 rings (SSSR count). The van der Waals surface area contributed by atoms with Crippen LogP contribution in [0.25, 0.3) is 0 Å². The first kappa shape index (κ1) is 62.7. The SMILES string of the molecule is CC/C=C/C/C=C/C/C=C/C/C=C/C/C=C/CCCCCC(=O)OC[C@H](COP(=O)([O-])OCC[N+](C)(C)C)OC(=O)CCCCCCCCCCCCCCCCCCCCCCCC. The Morgan fingerprint density at radius 1 is 0.492 bits per heavy atom. The number of phosphoric acid groups is 1. The van der Waals surface area contributed by atoms with Crippen LogP contribution >= 0.6 is 7.82 Å². The predicted molar refractivity (Wildman–Crippen MR) is 273 cm³/mol. The van der Waals surface area contributed by atoms with Crippen LogP contribution in [0.15, 0.2) is 60.8 Å². The molecule has 10 heteroatoms. The van der Waals surface area contributed by atoms with Gasteiger partial charge in [-0.25, -0.2) is 0 Å². The summed E-state index contributed by atoms with van der Waals surface area (Å²) in [5.41, 5.74) is 0. The van der Waals surface area contributed by atoms with Crippen molar-refractivity contribution in [3.05, 3.63) is 60.8 Å². The number of nitrogens with zero attached hydrogens (tertiary/aromatic N) is 1. The van der Waals surface area contributed by atoms with Gasteiger partial charge in [-0.3, -0.25) is 14.2 Å². The Kier molecular flexibility index (Phi) is 45.2. The second kappa shape index (κ2) is 46.8. The van der Waals surface area contributed by atoms with Gasteiger partial charge in [0, 0.05) is 12.8 Å². The van der Waals surface area contributed by atoms with E-state index in [1.54, 1.807) is 0 Å². The summed E-state index contributed by atoms with van der Waals surface area (Å²) in [6.45, 7) is 4.10. The van der Waals surface area contributed by atoms with Crippen molar-refractivity contribution in [2.45, 2.75) is 232 Å². The number of esters is 2. The summed E-state index contributed by atoms with van der Waals surface area (Å²) in [4.78, 5) is 37.7. The number of unbranched alkanes of at least 4 members (excludes halogenated alkanes) is 24. The van der Waals surface area contributed by atoms with Gasteiger partial charge in [0.05, 0.1) is 27.7 Å². The van der Waals surface area contributed by atoms with E-state index in [1.807, 2.05) is 21.1 Å². The van der Waals surface area contributed by atoms with E-state index < -0.39 is 32.5 Å². The van der Waals surface area contributed by atoms with Crippen LogP contribution in [-0.4, -0.2) is 70.0 Å². The lowest BCUT2D eigenvalue weighted by molar-refractivity contribution is -0.870.